The van der Waals surface area contributed by atoms with Crippen molar-refractivity contribution in [3.63, 3.8) is 0 Å². The van der Waals surface area contributed by atoms with Crippen LogP contribution in [0, 0.1) is 0 Å². The van der Waals surface area contributed by atoms with Crippen molar-refractivity contribution >= 4 is 8.32 Å². The number of hydrogen-bond acceptors (Lipinski definition) is 2. The summed E-state index contributed by atoms with van der Waals surface area (Å²) in [4.78, 5) is 0. The van der Waals surface area contributed by atoms with Gasteiger partial charge in [0.2, 0.25) is 0 Å². The molecule has 0 saturated carbocycles. The number of aliphatic hydroxyl groups excluding tert-OH is 1. The first kappa shape index (κ1) is 15.9. The lowest BCUT2D eigenvalue weighted by molar-refractivity contribution is 0.151. The molecular weight excluding hydrogens is 216 g/mol. The molecule has 3 heteroatoms. The van der Waals surface area contributed by atoms with Crippen molar-refractivity contribution in [2.45, 2.75) is 70.9 Å². The summed E-state index contributed by atoms with van der Waals surface area (Å²) >= 11 is 0. The van der Waals surface area contributed by atoms with Gasteiger partial charge in [-0.05, 0) is 37.9 Å². The van der Waals surface area contributed by atoms with Crippen molar-refractivity contribution in [2.75, 3.05) is 0 Å². The molecule has 0 spiro atoms. The van der Waals surface area contributed by atoms with Gasteiger partial charge in [-0.15, -0.1) is 6.58 Å². The van der Waals surface area contributed by atoms with E-state index in [4.69, 9.17) is 4.43 Å². The quantitative estimate of drug-likeness (QED) is 0.570. The molecule has 0 aromatic rings. The molecule has 0 aromatic heterocycles. The van der Waals surface area contributed by atoms with E-state index in [1.165, 1.54) is 0 Å². The van der Waals surface area contributed by atoms with Crippen LogP contribution in [0.15, 0.2) is 12.7 Å². The van der Waals surface area contributed by atoms with Crippen LogP contribution in [-0.4, -0.2) is 25.6 Å². The first-order valence-electron chi connectivity index (χ1n) is 6.08. The summed E-state index contributed by atoms with van der Waals surface area (Å²) < 4.78 is 6.19. The molecule has 0 heterocycles. The molecule has 2 atom stereocenters. The molecule has 0 unspecified atom stereocenters. The van der Waals surface area contributed by atoms with Gasteiger partial charge >= 0.3 is 0 Å². The van der Waals surface area contributed by atoms with Crippen molar-refractivity contribution in [3.05, 3.63) is 12.7 Å². The maximum absolute atomic E-state index is 9.40. The average molecular weight is 244 g/mol. The van der Waals surface area contributed by atoms with Crippen LogP contribution in [0.5, 0.6) is 0 Å². The Morgan fingerprint density at radius 3 is 2.19 bits per heavy atom. The van der Waals surface area contributed by atoms with Crippen LogP contribution >= 0.6 is 0 Å². The zero-order valence-corrected chi connectivity index (χ0v) is 12.7. The summed E-state index contributed by atoms with van der Waals surface area (Å²) in [5, 5.41) is 9.65. The van der Waals surface area contributed by atoms with Gasteiger partial charge in [0.1, 0.15) is 0 Å². The van der Waals surface area contributed by atoms with E-state index >= 15 is 0 Å². The number of aliphatic hydroxyl groups is 1. The monoisotopic (exact) mass is 244 g/mol. The third-order valence-electron chi connectivity index (χ3n) is 3.44. The SMILES string of the molecule is C=C[C@H](O)CC[C@@H](C)O[Si](C)(C)C(C)(C)C. The molecule has 0 amide bonds. The summed E-state index contributed by atoms with van der Waals surface area (Å²) in [6.07, 6.45) is 3.03. The molecule has 0 bridgehead atoms. The Labute approximate surface area is 102 Å². The second-order valence-corrected chi connectivity index (χ2v) is 10.8. The van der Waals surface area contributed by atoms with Gasteiger partial charge in [-0.2, -0.15) is 0 Å². The lowest BCUT2D eigenvalue weighted by atomic mass is 10.1. The third kappa shape index (κ3) is 5.28. The number of hydrogen-bond donors (Lipinski definition) is 1. The van der Waals surface area contributed by atoms with Crippen LogP contribution in [-0.2, 0) is 4.43 Å². The highest BCUT2D eigenvalue weighted by Gasteiger charge is 2.38. The minimum Gasteiger partial charge on any atom is -0.414 e. The van der Waals surface area contributed by atoms with E-state index in [0.29, 0.717) is 0 Å². The fourth-order valence-electron chi connectivity index (χ4n) is 1.26. The van der Waals surface area contributed by atoms with Gasteiger partial charge in [0.25, 0.3) is 0 Å². The molecule has 0 radical (unpaired) electrons. The molecule has 16 heavy (non-hydrogen) atoms. The second kappa shape index (κ2) is 5.99. The van der Waals surface area contributed by atoms with Crippen LogP contribution in [0.2, 0.25) is 18.1 Å². The normalized spacial score (nSPS) is 16.9. The van der Waals surface area contributed by atoms with Gasteiger partial charge in [0.15, 0.2) is 8.32 Å². The van der Waals surface area contributed by atoms with Gasteiger partial charge < -0.3 is 9.53 Å². The van der Waals surface area contributed by atoms with Gasteiger partial charge in [-0.1, -0.05) is 26.8 Å². The van der Waals surface area contributed by atoms with E-state index in [0.717, 1.165) is 12.8 Å². The predicted octanol–water partition coefficient (Wildman–Crippen LogP) is 3.72. The maximum atomic E-state index is 9.40. The zero-order chi connectivity index (χ0) is 13.0. The van der Waals surface area contributed by atoms with E-state index in [1.54, 1.807) is 6.08 Å². The van der Waals surface area contributed by atoms with Crippen molar-refractivity contribution < 1.29 is 9.53 Å². The molecule has 0 aromatic carbocycles. The van der Waals surface area contributed by atoms with Crippen molar-refractivity contribution in [3.8, 4) is 0 Å². The molecular formula is C13H28O2Si. The first-order chi connectivity index (χ1) is 7.10. The van der Waals surface area contributed by atoms with Crippen LogP contribution in [0.1, 0.15) is 40.5 Å². The highest BCUT2D eigenvalue weighted by Crippen LogP contribution is 2.37. The summed E-state index contributed by atoms with van der Waals surface area (Å²) in [5.74, 6) is 0. The Hall–Kier alpha value is -0.123. The molecule has 1 N–H and O–H groups in total. The van der Waals surface area contributed by atoms with Gasteiger partial charge in [-0.3, -0.25) is 0 Å². The summed E-state index contributed by atoms with van der Waals surface area (Å²) in [7, 11) is -1.66. The minimum absolute atomic E-state index is 0.218. The fraction of sp³-hybridized carbons (Fsp3) is 0.846. The summed E-state index contributed by atoms with van der Waals surface area (Å²) in [5.41, 5.74) is 0. The second-order valence-electron chi connectivity index (χ2n) is 6.07. The standard InChI is InChI=1S/C13H28O2Si/c1-8-12(14)10-9-11(2)15-16(6,7)13(3,4)5/h8,11-12,14H,1,9-10H2,2-7H3/t11-,12+/m1/s1. The summed E-state index contributed by atoms with van der Waals surface area (Å²) in [6.45, 7) is 16.9. The fourth-order valence-corrected chi connectivity index (χ4v) is 2.74. The van der Waals surface area contributed by atoms with E-state index in [-0.39, 0.29) is 11.1 Å². The Balaban J connectivity index is 4.14. The van der Waals surface area contributed by atoms with E-state index in [1.807, 2.05) is 0 Å². The topological polar surface area (TPSA) is 29.5 Å². The smallest absolute Gasteiger partial charge is 0.192 e. The summed E-state index contributed by atoms with van der Waals surface area (Å²) in [6, 6.07) is 0. The van der Waals surface area contributed by atoms with Crippen molar-refractivity contribution in [1.29, 1.82) is 0 Å². The van der Waals surface area contributed by atoms with Gasteiger partial charge in [0, 0.05) is 6.10 Å². The molecule has 0 rings (SSSR count). The van der Waals surface area contributed by atoms with Crippen molar-refractivity contribution in [1.82, 2.24) is 0 Å². The van der Waals surface area contributed by atoms with Crippen LogP contribution in [0.25, 0.3) is 0 Å². The molecule has 0 aliphatic carbocycles. The first-order valence-corrected chi connectivity index (χ1v) is 8.99. The highest BCUT2D eigenvalue weighted by molar-refractivity contribution is 6.74. The molecule has 96 valence electrons. The molecule has 0 aliphatic heterocycles. The lowest BCUT2D eigenvalue weighted by Crippen LogP contribution is -2.43. The molecule has 0 aliphatic rings. The Morgan fingerprint density at radius 1 is 1.31 bits per heavy atom. The van der Waals surface area contributed by atoms with E-state index in [2.05, 4.69) is 47.4 Å². The molecule has 2 nitrogen and oxygen atoms in total. The minimum atomic E-state index is -1.66. The Kier molecular flexibility index (Phi) is 5.94. The predicted molar refractivity (Wildman–Crippen MR) is 73.2 cm³/mol. The lowest BCUT2D eigenvalue weighted by Gasteiger charge is -2.38. The Morgan fingerprint density at radius 2 is 1.81 bits per heavy atom. The highest BCUT2D eigenvalue weighted by atomic mass is 28.4. The maximum Gasteiger partial charge on any atom is 0.192 e. The zero-order valence-electron chi connectivity index (χ0n) is 11.7. The van der Waals surface area contributed by atoms with Crippen LogP contribution in [0.3, 0.4) is 0 Å². The van der Waals surface area contributed by atoms with Crippen LogP contribution in [0.4, 0.5) is 0 Å². The average Bonchev–Trinajstić information content (AvgIpc) is 2.11. The molecule has 0 saturated heterocycles. The largest absolute Gasteiger partial charge is 0.414 e. The Bertz CT molecular complexity index is 218. The van der Waals surface area contributed by atoms with E-state index in [9.17, 15) is 5.11 Å². The van der Waals surface area contributed by atoms with Gasteiger partial charge in [-0.25, -0.2) is 0 Å². The van der Waals surface area contributed by atoms with Crippen molar-refractivity contribution in [2.24, 2.45) is 0 Å². The number of rotatable bonds is 6. The van der Waals surface area contributed by atoms with Crippen LogP contribution < -0.4 is 0 Å². The van der Waals surface area contributed by atoms with Gasteiger partial charge in [0.05, 0.1) is 6.10 Å². The third-order valence-corrected chi connectivity index (χ3v) is 8.05. The van der Waals surface area contributed by atoms with E-state index < -0.39 is 14.4 Å². The molecule has 0 fully saturated rings.